The van der Waals surface area contributed by atoms with Gasteiger partial charge in [0, 0.05) is 14.1 Å². The van der Waals surface area contributed by atoms with Crippen LogP contribution >= 0.6 is 12.2 Å². The highest BCUT2D eigenvalue weighted by atomic mass is 32.1. The molecule has 0 fully saturated rings. The molecule has 1 amide bonds. The van der Waals surface area contributed by atoms with Crippen molar-refractivity contribution < 1.29 is 4.79 Å². The minimum Gasteiger partial charge on any atom is -0.388 e. The number of amides is 1. The Labute approximate surface area is 106 Å². The van der Waals surface area contributed by atoms with Gasteiger partial charge in [0.05, 0.1) is 5.69 Å². The summed E-state index contributed by atoms with van der Waals surface area (Å²) in [7, 11) is 3.42. The van der Waals surface area contributed by atoms with Crippen molar-refractivity contribution in [2.75, 3.05) is 19.4 Å². The van der Waals surface area contributed by atoms with E-state index in [1.54, 1.807) is 39.2 Å². The van der Waals surface area contributed by atoms with Gasteiger partial charge in [0.2, 0.25) is 5.91 Å². The highest BCUT2D eigenvalue weighted by molar-refractivity contribution is 7.80. The van der Waals surface area contributed by atoms with Crippen LogP contribution in [0.25, 0.3) is 0 Å². The van der Waals surface area contributed by atoms with E-state index in [9.17, 15) is 4.79 Å². The zero-order valence-electron chi connectivity index (χ0n) is 10.1. The average Bonchev–Trinajstić information content (AvgIpc) is 2.28. The van der Waals surface area contributed by atoms with E-state index in [1.165, 1.54) is 4.90 Å². The summed E-state index contributed by atoms with van der Waals surface area (Å²) in [5.41, 5.74) is 6.02. The van der Waals surface area contributed by atoms with E-state index in [2.05, 4.69) is 10.3 Å². The van der Waals surface area contributed by atoms with E-state index in [0.29, 0.717) is 11.5 Å². The third kappa shape index (κ3) is 3.67. The second-order valence-electron chi connectivity index (χ2n) is 3.87. The van der Waals surface area contributed by atoms with Gasteiger partial charge in [-0.15, -0.1) is 0 Å². The average molecular weight is 252 g/mol. The Morgan fingerprint density at radius 2 is 2.18 bits per heavy atom. The van der Waals surface area contributed by atoms with Gasteiger partial charge < -0.3 is 16.0 Å². The molecule has 6 heteroatoms. The zero-order chi connectivity index (χ0) is 13.0. The van der Waals surface area contributed by atoms with Gasteiger partial charge in [-0.2, -0.15) is 0 Å². The summed E-state index contributed by atoms with van der Waals surface area (Å²) < 4.78 is 0. The molecule has 1 aromatic rings. The molecule has 1 aromatic heterocycles. The van der Waals surface area contributed by atoms with Gasteiger partial charge in [-0.25, -0.2) is 4.98 Å². The van der Waals surface area contributed by atoms with E-state index >= 15 is 0 Å². The molecule has 1 rings (SSSR count). The molecule has 0 aliphatic heterocycles. The Kier molecular flexibility index (Phi) is 4.39. The molecule has 0 radical (unpaired) electrons. The summed E-state index contributed by atoms with van der Waals surface area (Å²) in [4.78, 5) is 17.6. The molecule has 1 atom stereocenters. The molecule has 1 heterocycles. The number of nitrogens with two attached hydrogens (primary N) is 1. The lowest BCUT2D eigenvalue weighted by Gasteiger charge is -2.18. The molecule has 0 saturated heterocycles. The van der Waals surface area contributed by atoms with Gasteiger partial charge in [-0.3, -0.25) is 4.79 Å². The predicted octanol–water partition coefficient (Wildman–Crippen LogP) is 0.604. The van der Waals surface area contributed by atoms with Crippen molar-refractivity contribution in [2.45, 2.75) is 13.0 Å². The molecule has 92 valence electrons. The lowest BCUT2D eigenvalue weighted by atomic mass is 10.3. The van der Waals surface area contributed by atoms with Crippen molar-refractivity contribution in [1.82, 2.24) is 9.88 Å². The second-order valence-corrected chi connectivity index (χ2v) is 4.31. The number of anilines is 1. The topological polar surface area (TPSA) is 71.2 Å². The van der Waals surface area contributed by atoms with Crippen LogP contribution in [0.5, 0.6) is 0 Å². The first-order valence-electron chi connectivity index (χ1n) is 5.16. The summed E-state index contributed by atoms with van der Waals surface area (Å²) >= 11 is 4.84. The maximum Gasteiger partial charge on any atom is 0.244 e. The number of likely N-dealkylation sites (N-methyl/N-ethyl adjacent to an activating group) is 1. The first kappa shape index (κ1) is 13.4. The zero-order valence-corrected chi connectivity index (χ0v) is 10.9. The quantitative estimate of drug-likeness (QED) is 0.768. The molecule has 17 heavy (non-hydrogen) atoms. The number of aromatic nitrogens is 1. The molecule has 0 saturated carbocycles. The van der Waals surface area contributed by atoms with E-state index in [4.69, 9.17) is 18.0 Å². The molecule has 3 N–H and O–H groups in total. The first-order chi connectivity index (χ1) is 7.91. The number of nitrogens with zero attached hydrogens (tertiary/aromatic N) is 2. The van der Waals surface area contributed by atoms with Gasteiger partial charge in [0.15, 0.2) is 0 Å². The van der Waals surface area contributed by atoms with Crippen LogP contribution in [-0.4, -0.2) is 40.9 Å². The van der Waals surface area contributed by atoms with Gasteiger partial charge >= 0.3 is 0 Å². The number of hydrogen-bond acceptors (Lipinski definition) is 4. The van der Waals surface area contributed by atoms with Crippen LogP contribution in [0.3, 0.4) is 0 Å². The number of pyridine rings is 1. The van der Waals surface area contributed by atoms with E-state index in [0.717, 1.165) is 0 Å². The fourth-order valence-electron chi connectivity index (χ4n) is 1.32. The normalized spacial score (nSPS) is 11.7. The molecule has 0 bridgehead atoms. The number of rotatable bonds is 4. The van der Waals surface area contributed by atoms with E-state index in [1.807, 2.05) is 0 Å². The van der Waals surface area contributed by atoms with Crippen molar-refractivity contribution in [2.24, 2.45) is 5.73 Å². The lowest BCUT2D eigenvalue weighted by molar-refractivity contribution is -0.129. The third-order valence-electron chi connectivity index (χ3n) is 2.18. The van der Waals surface area contributed by atoms with Gasteiger partial charge in [0.25, 0.3) is 0 Å². The first-order valence-corrected chi connectivity index (χ1v) is 5.57. The summed E-state index contributed by atoms with van der Waals surface area (Å²) in [5.74, 6) is 0.561. The molecule has 5 nitrogen and oxygen atoms in total. The highest BCUT2D eigenvalue weighted by Crippen LogP contribution is 2.07. The van der Waals surface area contributed by atoms with Crippen molar-refractivity contribution in [1.29, 1.82) is 0 Å². The Morgan fingerprint density at radius 3 is 2.71 bits per heavy atom. The largest absolute Gasteiger partial charge is 0.388 e. The van der Waals surface area contributed by atoms with Crippen LogP contribution in [0.2, 0.25) is 0 Å². The highest BCUT2D eigenvalue weighted by Gasteiger charge is 2.14. The monoisotopic (exact) mass is 252 g/mol. The summed E-state index contributed by atoms with van der Waals surface area (Å²) in [6.45, 7) is 1.78. The Bertz CT molecular complexity index is 433. The third-order valence-corrected chi connectivity index (χ3v) is 2.39. The molecular formula is C11H16N4OS. The Balaban J connectivity index is 2.78. The summed E-state index contributed by atoms with van der Waals surface area (Å²) in [6.07, 6.45) is 0. The number of hydrogen-bond donors (Lipinski definition) is 2. The maximum absolute atomic E-state index is 11.7. The van der Waals surface area contributed by atoms with Gasteiger partial charge in [-0.1, -0.05) is 18.3 Å². The summed E-state index contributed by atoms with van der Waals surface area (Å²) in [6, 6.07) is 4.93. The summed E-state index contributed by atoms with van der Waals surface area (Å²) in [5, 5.41) is 3.00. The number of thiocarbonyl (C=S) groups is 1. The van der Waals surface area contributed by atoms with Gasteiger partial charge in [0.1, 0.15) is 16.8 Å². The van der Waals surface area contributed by atoms with Crippen molar-refractivity contribution in [3.8, 4) is 0 Å². The molecule has 1 unspecified atom stereocenters. The lowest BCUT2D eigenvalue weighted by Crippen LogP contribution is -2.36. The molecule has 0 aliphatic rings. The molecule has 0 aromatic carbocycles. The van der Waals surface area contributed by atoms with Gasteiger partial charge in [-0.05, 0) is 19.1 Å². The van der Waals surface area contributed by atoms with Crippen LogP contribution in [-0.2, 0) is 4.79 Å². The van der Waals surface area contributed by atoms with Crippen molar-refractivity contribution >= 4 is 28.9 Å². The predicted molar refractivity (Wildman–Crippen MR) is 71.9 cm³/mol. The number of carbonyl (C=O) groups is 1. The minimum absolute atomic E-state index is 0.0208. The SMILES string of the molecule is CC(Nc1cccc(C(N)=S)n1)C(=O)N(C)C. The standard InChI is InChI=1S/C11H16N4OS/c1-7(11(16)15(2)3)13-9-6-4-5-8(14-9)10(12)17/h4-7H,1-3H3,(H2,12,17)(H,13,14). The van der Waals surface area contributed by atoms with Crippen LogP contribution in [0.15, 0.2) is 18.2 Å². The van der Waals surface area contributed by atoms with Crippen LogP contribution in [0.1, 0.15) is 12.6 Å². The van der Waals surface area contributed by atoms with Crippen molar-refractivity contribution in [3.63, 3.8) is 0 Å². The van der Waals surface area contributed by atoms with Crippen LogP contribution < -0.4 is 11.1 Å². The molecule has 0 spiro atoms. The van der Waals surface area contributed by atoms with Crippen LogP contribution in [0.4, 0.5) is 5.82 Å². The Hall–Kier alpha value is -1.69. The Morgan fingerprint density at radius 1 is 1.53 bits per heavy atom. The second kappa shape index (κ2) is 5.58. The van der Waals surface area contributed by atoms with Crippen LogP contribution in [0, 0.1) is 0 Å². The van der Waals surface area contributed by atoms with Crippen molar-refractivity contribution in [3.05, 3.63) is 23.9 Å². The molecular weight excluding hydrogens is 236 g/mol. The van der Waals surface area contributed by atoms with E-state index < -0.39 is 0 Å². The number of carbonyl (C=O) groups excluding carboxylic acids is 1. The maximum atomic E-state index is 11.7. The fraction of sp³-hybridized carbons (Fsp3) is 0.364. The molecule has 0 aliphatic carbocycles. The number of nitrogens with one attached hydrogen (secondary N) is 1. The van der Waals surface area contributed by atoms with E-state index in [-0.39, 0.29) is 16.9 Å². The fourth-order valence-corrected chi connectivity index (χ4v) is 1.44. The smallest absolute Gasteiger partial charge is 0.244 e. The minimum atomic E-state index is -0.348.